The van der Waals surface area contributed by atoms with Crippen LogP contribution in [-0.4, -0.2) is 74.7 Å². The third kappa shape index (κ3) is 5.38. The quantitative estimate of drug-likeness (QED) is 0.571. The largest absolute Gasteiger partial charge is 0.384 e. The number of benzene rings is 1. The van der Waals surface area contributed by atoms with Crippen molar-refractivity contribution in [3.63, 3.8) is 0 Å². The number of nitrogens with zero attached hydrogens (tertiary/aromatic N) is 3. The second kappa shape index (κ2) is 10.2. The lowest BCUT2D eigenvalue weighted by atomic mass is 10.0. The highest BCUT2D eigenvalue weighted by atomic mass is 15.3. The summed E-state index contributed by atoms with van der Waals surface area (Å²) in [5.74, 6) is 1.22. The molecule has 166 valence electrons. The first-order valence-electron chi connectivity index (χ1n) is 11.6. The van der Waals surface area contributed by atoms with Gasteiger partial charge >= 0.3 is 0 Å². The molecule has 2 aliphatic heterocycles. The zero-order valence-electron chi connectivity index (χ0n) is 19.2. The number of anilines is 1. The molecule has 0 atom stereocenters. The Hall–Kier alpha value is -2.57. The van der Waals surface area contributed by atoms with Gasteiger partial charge in [-0.05, 0) is 62.8 Å². The number of hydrogen-bond acceptors (Lipinski definition) is 6. The summed E-state index contributed by atoms with van der Waals surface area (Å²) in [5, 5.41) is 11.9. The summed E-state index contributed by atoms with van der Waals surface area (Å²) in [5.41, 5.74) is 5.87. The van der Waals surface area contributed by atoms with Crippen molar-refractivity contribution < 1.29 is 0 Å². The van der Waals surface area contributed by atoms with E-state index in [1.165, 1.54) is 28.0 Å². The van der Waals surface area contributed by atoms with Gasteiger partial charge in [0.25, 0.3) is 0 Å². The lowest BCUT2D eigenvalue weighted by Gasteiger charge is -2.33. The summed E-state index contributed by atoms with van der Waals surface area (Å²) in [6.45, 7) is 9.24. The van der Waals surface area contributed by atoms with E-state index in [0.717, 1.165) is 69.9 Å². The molecular weight excluding hydrogens is 384 g/mol. The Morgan fingerprint density at radius 2 is 1.97 bits per heavy atom. The monoisotopic (exact) mass is 420 g/mol. The number of allylic oxidation sites excluding steroid dienone is 2. The van der Waals surface area contributed by atoms with Crippen LogP contribution in [-0.2, 0) is 6.42 Å². The number of nitrogens with one attached hydrogen (secondary N) is 3. The van der Waals surface area contributed by atoms with Crippen LogP contribution in [0.15, 0.2) is 42.2 Å². The normalized spacial score (nSPS) is 16.8. The molecule has 0 unspecified atom stereocenters. The topological polar surface area (TPSA) is 55.5 Å². The van der Waals surface area contributed by atoms with Crippen LogP contribution in [0.3, 0.4) is 0 Å². The third-order valence-corrected chi connectivity index (χ3v) is 6.07. The van der Waals surface area contributed by atoms with Gasteiger partial charge in [-0.1, -0.05) is 25.1 Å². The van der Waals surface area contributed by atoms with Crippen LogP contribution < -0.4 is 16.0 Å². The van der Waals surface area contributed by atoms with E-state index in [1.807, 2.05) is 0 Å². The van der Waals surface area contributed by atoms with Gasteiger partial charge in [0.05, 0.1) is 11.2 Å². The Bertz CT molecular complexity index is 956. The highest BCUT2D eigenvalue weighted by Crippen LogP contribution is 2.28. The first-order chi connectivity index (χ1) is 15.1. The van der Waals surface area contributed by atoms with Crippen molar-refractivity contribution >= 4 is 22.2 Å². The average molecular weight is 421 g/mol. The molecule has 4 rings (SSSR count). The molecule has 6 heteroatoms. The fourth-order valence-electron chi connectivity index (χ4n) is 4.21. The molecule has 0 amide bonds. The molecule has 0 spiro atoms. The molecule has 0 radical (unpaired) electrons. The highest BCUT2D eigenvalue weighted by molar-refractivity contribution is 5.93. The minimum atomic E-state index is 0.807. The van der Waals surface area contributed by atoms with Gasteiger partial charge in [0, 0.05) is 50.3 Å². The average Bonchev–Trinajstić information content (AvgIpc) is 2.81. The van der Waals surface area contributed by atoms with Crippen molar-refractivity contribution in [2.24, 2.45) is 0 Å². The van der Waals surface area contributed by atoms with E-state index in [0.29, 0.717) is 0 Å². The highest BCUT2D eigenvalue weighted by Gasteiger charge is 2.17. The van der Waals surface area contributed by atoms with Gasteiger partial charge in [-0.25, -0.2) is 4.98 Å². The summed E-state index contributed by atoms with van der Waals surface area (Å²) in [6.07, 6.45) is 6.58. The van der Waals surface area contributed by atoms with Crippen LogP contribution in [0.5, 0.6) is 0 Å². The van der Waals surface area contributed by atoms with E-state index in [9.17, 15) is 0 Å². The van der Waals surface area contributed by atoms with Crippen LogP contribution in [0.1, 0.15) is 24.6 Å². The Labute approximate surface area is 186 Å². The molecule has 6 nitrogen and oxygen atoms in total. The van der Waals surface area contributed by atoms with Crippen molar-refractivity contribution in [1.29, 1.82) is 0 Å². The molecule has 31 heavy (non-hydrogen) atoms. The Morgan fingerprint density at radius 1 is 1.13 bits per heavy atom. The zero-order chi connectivity index (χ0) is 21.6. The fraction of sp³-hybridized carbons (Fsp3) is 0.480. The van der Waals surface area contributed by atoms with Crippen LogP contribution in [0.4, 0.5) is 5.69 Å². The molecule has 0 aliphatic carbocycles. The molecule has 0 bridgehead atoms. The van der Waals surface area contributed by atoms with Crippen molar-refractivity contribution in [1.82, 2.24) is 25.4 Å². The van der Waals surface area contributed by atoms with Gasteiger partial charge in [0.2, 0.25) is 0 Å². The Morgan fingerprint density at radius 3 is 2.68 bits per heavy atom. The SMILES string of the molecule is CCc1ccc2c(NCCCN(C)C)cc(C3=CC=C(N4CCNCC4)NC3)nc2c1. The Kier molecular flexibility index (Phi) is 7.10. The third-order valence-electron chi connectivity index (χ3n) is 6.07. The summed E-state index contributed by atoms with van der Waals surface area (Å²) in [4.78, 5) is 9.70. The summed E-state index contributed by atoms with van der Waals surface area (Å²) in [6, 6.07) is 8.90. The van der Waals surface area contributed by atoms with E-state index in [-0.39, 0.29) is 0 Å². The van der Waals surface area contributed by atoms with E-state index < -0.39 is 0 Å². The first-order valence-corrected chi connectivity index (χ1v) is 11.6. The van der Waals surface area contributed by atoms with Gasteiger partial charge in [-0.15, -0.1) is 0 Å². The van der Waals surface area contributed by atoms with E-state index in [2.05, 4.69) is 83.2 Å². The van der Waals surface area contributed by atoms with Crippen LogP contribution in [0, 0.1) is 0 Å². The van der Waals surface area contributed by atoms with Gasteiger partial charge in [-0.3, -0.25) is 0 Å². The molecule has 3 N–H and O–H groups in total. The number of dihydropyridines is 1. The van der Waals surface area contributed by atoms with Gasteiger partial charge < -0.3 is 25.8 Å². The number of aryl methyl sites for hydroxylation is 1. The van der Waals surface area contributed by atoms with E-state index in [1.54, 1.807) is 0 Å². The number of rotatable bonds is 8. The second-order valence-corrected chi connectivity index (χ2v) is 8.68. The minimum absolute atomic E-state index is 0.807. The van der Waals surface area contributed by atoms with Crippen LogP contribution in [0.25, 0.3) is 16.5 Å². The van der Waals surface area contributed by atoms with Gasteiger partial charge in [0.1, 0.15) is 5.82 Å². The zero-order valence-corrected chi connectivity index (χ0v) is 19.2. The number of fused-ring (bicyclic) bond motifs is 1. The van der Waals surface area contributed by atoms with Crippen molar-refractivity contribution in [3.8, 4) is 0 Å². The van der Waals surface area contributed by atoms with Crippen molar-refractivity contribution in [3.05, 3.63) is 53.5 Å². The predicted molar refractivity (Wildman–Crippen MR) is 131 cm³/mol. The molecule has 2 aromatic rings. The summed E-state index contributed by atoms with van der Waals surface area (Å²) >= 11 is 0. The maximum Gasteiger partial charge on any atom is 0.102 e. The molecular formula is C25H36N6. The predicted octanol–water partition coefficient (Wildman–Crippen LogP) is 2.89. The van der Waals surface area contributed by atoms with Crippen LogP contribution >= 0.6 is 0 Å². The first kappa shape index (κ1) is 21.7. The number of piperazine rings is 1. The minimum Gasteiger partial charge on any atom is -0.384 e. The lowest BCUT2D eigenvalue weighted by Crippen LogP contribution is -2.46. The molecule has 2 aliphatic rings. The number of pyridine rings is 1. The van der Waals surface area contributed by atoms with E-state index >= 15 is 0 Å². The number of aromatic nitrogens is 1. The second-order valence-electron chi connectivity index (χ2n) is 8.68. The Balaban J connectivity index is 1.60. The fourth-order valence-corrected chi connectivity index (χ4v) is 4.21. The molecule has 1 aromatic carbocycles. The lowest BCUT2D eigenvalue weighted by molar-refractivity contribution is 0.282. The van der Waals surface area contributed by atoms with Crippen molar-refractivity contribution in [2.45, 2.75) is 19.8 Å². The molecule has 0 saturated carbocycles. The standard InChI is InChI=1S/C25H36N6/c1-4-19-6-8-21-23(27-10-5-13-30(2)3)17-22(29-24(21)16-19)20-7-9-25(28-18-20)31-14-11-26-12-15-31/h6-9,16-17,26,28H,4-5,10-15,18H2,1-3H3,(H,27,29). The molecule has 1 fully saturated rings. The molecule has 1 saturated heterocycles. The maximum atomic E-state index is 5.05. The van der Waals surface area contributed by atoms with E-state index in [4.69, 9.17) is 4.98 Å². The molecule has 1 aromatic heterocycles. The number of hydrogen-bond donors (Lipinski definition) is 3. The smallest absolute Gasteiger partial charge is 0.102 e. The van der Waals surface area contributed by atoms with Crippen molar-refractivity contribution in [2.75, 3.05) is 65.2 Å². The molecule has 3 heterocycles. The van der Waals surface area contributed by atoms with Crippen LogP contribution in [0.2, 0.25) is 0 Å². The van der Waals surface area contributed by atoms with Gasteiger partial charge in [0.15, 0.2) is 0 Å². The van der Waals surface area contributed by atoms with Gasteiger partial charge in [-0.2, -0.15) is 0 Å². The summed E-state index contributed by atoms with van der Waals surface area (Å²) in [7, 11) is 4.24. The maximum absolute atomic E-state index is 5.05. The summed E-state index contributed by atoms with van der Waals surface area (Å²) < 4.78 is 0.